The van der Waals surface area contributed by atoms with Gasteiger partial charge < -0.3 is 14.6 Å². The largest absolute Gasteiger partial charge is 0.496 e. The van der Waals surface area contributed by atoms with Crippen molar-refractivity contribution in [3.8, 4) is 11.5 Å². The molecule has 0 aliphatic carbocycles. The summed E-state index contributed by atoms with van der Waals surface area (Å²) in [6.07, 6.45) is -0.0680. The molecule has 3 heteroatoms. The lowest BCUT2D eigenvalue weighted by molar-refractivity contribution is 0.176. The Morgan fingerprint density at radius 1 is 1.14 bits per heavy atom. The second-order valence-electron chi connectivity index (χ2n) is 5.04. The monoisotopic (exact) mass is 286 g/mol. The van der Waals surface area contributed by atoms with Gasteiger partial charge in [-0.2, -0.15) is 0 Å². The van der Waals surface area contributed by atoms with E-state index in [1.807, 2.05) is 50.2 Å². The molecule has 1 atom stereocenters. The van der Waals surface area contributed by atoms with E-state index < -0.39 is 6.10 Å². The predicted molar refractivity (Wildman–Crippen MR) is 84.0 cm³/mol. The van der Waals surface area contributed by atoms with Crippen LogP contribution in [0.3, 0.4) is 0 Å². The first-order valence-electron chi connectivity index (χ1n) is 7.18. The quantitative estimate of drug-likeness (QED) is 0.880. The van der Waals surface area contributed by atoms with Crippen LogP contribution >= 0.6 is 0 Å². The van der Waals surface area contributed by atoms with E-state index in [4.69, 9.17) is 9.47 Å². The van der Waals surface area contributed by atoms with Crippen LogP contribution < -0.4 is 9.47 Å². The van der Waals surface area contributed by atoms with Gasteiger partial charge in [0.2, 0.25) is 0 Å². The van der Waals surface area contributed by atoms with Gasteiger partial charge in [-0.1, -0.05) is 29.8 Å². The molecule has 2 aromatic rings. The maximum atomic E-state index is 10.5. The van der Waals surface area contributed by atoms with Gasteiger partial charge in [0.15, 0.2) is 0 Å². The Hall–Kier alpha value is -2.00. The molecule has 0 aliphatic rings. The van der Waals surface area contributed by atoms with Crippen molar-refractivity contribution < 1.29 is 14.6 Å². The summed E-state index contributed by atoms with van der Waals surface area (Å²) in [5.74, 6) is 1.59. The maximum Gasteiger partial charge on any atom is 0.122 e. The van der Waals surface area contributed by atoms with Crippen molar-refractivity contribution >= 4 is 0 Å². The molecule has 1 unspecified atom stereocenters. The van der Waals surface area contributed by atoms with Crippen LogP contribution in [0.5, 0.6) is 11.5 Å². The van der Waals surface area contributed by atoms with E-state index in [-0.39, 0.29) is 0 Å². The van der Waals surface area contributed by atoms with Crippen LogP contribution in [0.15, 0.2) is 42.5 Å². The van der Waals surface area contributed by atoms with Gasteiger partial charge in [-0.05, 0) is 43.2 Å². The Labute approximate surface area is 126 Å². The zero-order chi connectivity index (χ0) is 15.2. The molecule has 0 bridgehead atoms. The summed E-state index contributed by atoms with van der Waals surface area (Å²) in [6.45, 7) is 4.59. The van der Waals surface area contributed by atoms with Crippen LogP contribution in [0.1, 0.15) is 29.7 Å². The Balaban J connectivity index is 2.19. The fourth-order valence-electron chi connectivity index (χ4n) is 2.37. The molecule has 112 valence electrons. The number of rotatable bonds is 6. The molecule has 1 N–H and O–H groups in total. The van der Waals surface area contributed by atoms with Crippen molar-refractivity contribution in [2.24, 2.45) is 0 Å². The third-order valence-electron chi connectivity index (χ3n) is 3.40. The van der Waals surface area contributed by atoms with E-state index in [2.05, 4.69) is 6.07 Å². The summed E-state index contributed by atoms with van der Waals surface area (Å²) in [7, 11) is 1.65. The van der Waals surface area contributed by atoms with E-state index in [1.165, 1.54) is 0 Å². The van der Waals surface area contributed by atoms with Crippen molar-refractivity contribution in [2.75, 3.05) is 13.7 Å². The summed E-state index contributed by atoms with van der Waals surface area (Å²) in [5.41, 5.74) is 3.01. The molecule has 2 rings (SSSR count). The molecule has 21 heavy (non-hydrogen) atoms. The van der Waals surface area contributed by atoms with Crippen LogP contribution in [0.4, 0.5) is 0 Å². The van der Waals surface area contributed by atoms with Crippen LogP contribution in [-0.4, -0.2) is 18.8 Å². The Morgan fingerprint density at radius 2 is 1.95 bits per heavy atom. The number of aryl methyl sites for hydroxylation is 1. The minimum absolute atomic E-state index is 0.514. The zero-order valence-electron chi connectivity index (χ0n) is 12.8. The van der Waals surface area contributed by atoms with E-state index in [1.54, 1.807) is 7.11 Å². The fraction of sp³-hybridized carbons (Fsp3) is 0.333. The lowest BCUT2D eigenvalue weighted by atomic mass is 9.99. The van der Waals surface area contributed by atoms with Crippen LogP contribution in [0.25, 0.3) is 0 Å². The molecule has 0 spiro atoms. The van der Waals surface area contributed by atoms with E-state index in [9.17, 15) is 5.11 Å². The number of hydrogen-bond donors (Lipinski definition) is 1. The average Bonchev–Trinajstić information content (AvgIpc) is 2.48. The lowest BCUT2D eigenvalue weighted by Gasteiger charge is -2.15. The van der Waals surface area contributed by atoms with E-state index in [0.717, 1.165) is 28.2 Å². The molecular formula is C18H22O3. The molecule has 0 fully saturated rings. The molecule has 0 aliphatic heterocycles. The second kappa shape index (κ2) is 7.14. The molecule has 0 saturated heterocycles. The van der Waals surface area contributed by atoms with Crippen LogP contribution in [0, 0.1) is 6.92 Å². The number of ether oxygens (including phenoxy) is 2. The zero-order valence-corrected chi connectivity index (χ0v) is 12.8. The Kier molecular flexibility index (Phi) is 5.23. The highest BCUT2D eigenvalue weighted by Gasteiger charge is 2.13. The number of aliphatic hydroxyl groups excluding tert-OH is 1. The molecule has 2 aromatic carbocycles. The van der Waals surface area contributed by atoms with Crippen LogP contribution in [-0.2, 0) is 6.42 Å². The number of methoxy groups -OCH3 is 1. The van der Waals surface area contributed by atoms with Gasteiger partial charge in [-0.3, -0.25) is 0 Å². The summed E-state index contributed by atoms with van der Waals surface area (Å²) in [6, 6.07) is 13.6. The first-order valence-corrected chi connectivity index (χ1v) is 7.18. The topological polar surface area (TPSA) is 38.7 Å². The first-order chi connectivity index (χ1) is 10.1. The van der Waals surface area contributed by atoms with Gasteiger partial charge in [0.1, 0.15) is 11.5 Å². The van der Waals surface area contributed by atoms with Crippen molar-refractivity contribution in [3.05, 3.63) is 59.2 Å². The average molecular weight is 286 g/mol. The standard InChI is InChI=1S/C18H22O3/c1-4-21-16-7-5-6-14(11-16)17(19)12-15-10-13(2)8-9-18(15)20-3/h5-11,17,19H,4,12H2,1-3H3. The highest BCUT2D eigenvalue weighted by Crippen LogP contribution is 2.27. The highest BCUT2D eigenvalue weighted by atomic mass is 16.5. The Morgan fingerprint density at radius 3 is 2.67 bits per heavy atom. The summed E-state index contributed by atoms with van der Waals surface area (Å²) >= 11 is 0. The molecule has 0 aromatic heterocycles. The smallest absolute Gasteiger partial charge is 0.122 e. The minimum Gasteiger partial charge on any atom is -0.496 e. The number of benzene rings is 2. The van der Waals surface area contributed by atoms with Gasteiger partial charge in [0, 0.05) is 6.42 Å². The first kappa shape index (κ1) is 15.4. The van der Waals surface area contributed by atoms with Gasteiger partial charge in [-0.25, -0.2) is 0 Å². The lowest BCUT2D eigenvalue weighted by Crippen LogP contribution is -2.04. The van der Waals surface area contributed by atoms with Crippen molar-refractivity contribution in [2.45, 2.75) is 26.4 Å². The molecule has 0 amide bonds. The number of hydrogen-bond acceptors (Lipinski definition) is 3. The molecule has 0 saturated carbocycles. The minimum atomic E-state index is -0.582. The van der Waals surface area contributed by atoms with Gasteiger partial charge in [0.25, 0.3) is 0 Å². The molecule has 3 nitrogen and oxygen atoms in total. The number of aliphatic hydroxyl groups is 1. The van der Waals surface area contributed by atoms with Crippen LogP contribution in [0.2, 0.25) is 0 Å². The fourth-order valence-corrected chi connectivity index (χ4v) is 2.37. The summed E-state index contributed by atoms with van der Waals surface area (Å²) in [5, 5.41) is 10.5. The predicted octanol–water partition coefficient (Wildman–Crippen LogP) is 3.68. The van der Waals surface area contributed by atoms with Crippen molar-refractivity contribution in [1.29, 1.82) is 0 Å². The van der Waals surface area contributed by atoms with Gasteiger partial charge in [-0.15, -0.1) is 0 Å². The van der Waals surface area contributed by atoms with Crippen molar-refractivity contribution in [3.63, 3.8) is 0 Å². The third kappa shape index (κ3) is 3.99. The van der Waals surface area contributed by atoms with Gasteiger partial charge >= 0.3 is 0 Å². The third-order valence-corrected chi connectivity index (χ3v) is 3.40. The van der Waals surface area contributed by atoms with E-state index >= 15 is 0 Å². The second-order valence-corrected chi connectivity index (χ2v) is 5.04. The van der Waals surface area contributed by atoms with Gasteiger partial charge in [0.05, 0.1) is 19.8 Å². The maximum absolute atomic E-state index is 10.5. The molecule has 0 heterocycles. The summed E-state index contributed by atoms with van der Waals surface area (Å²) in [4.78, 5) is 0. The molecule has 0 radical (unpaired) electrons. The Bertz CT molecular complexity index is 593. The highest BCUT2D eigenvalue weighted by molar-refractivity contribution is 5.38. The molecular weight excluding hydrogens is 264 g/mol. The SMILES string of the molecule is CCOc1cccc(C(O)Cc2cc(C)ccc2OC)c1. The summed E-state index contributed by atoms with van der Waals surface area (Å²) < 4.78 is 10.8. The van der Waals surface area contributed by atoms with E-state index in [0.29, 0.717) is 13.0 Å². The van der Waals surface area contributed by atoms with Crippen molar-refractivity contribution in [1.82, 2.24) is 0 Å². The normalized spacial score (nSPS) is 12.0.